The number of rotatable bonds is 4. The summed E-state index contributed by atoms with van der Waals surface area (Å²) in [5.74, 6) is 0. The molecular formula is C13H21ClN2. The van der Waals surface area contributed by atoms with Crippen molar-refractivity contribution >= 4 is 11.6 Å². The van der Waals surface area contributed by atoms with Crippen LogP contribution >= 0.6 is 11.6 Å². The second kappa shape index (κ2) is 5.65. The quantitative estimate of drug-likeness (QED) is 0.866. The van der Waals surface area contributed by atoms with Crippen molar-refractivity contribution in [2.75, 3.05) is 7.05 Å². The summed E-state index contributed by atoms with van der Waals surface area (Å²) in [6.07, 6.45) is 5.75. The van der Waals surface area contributed by atoms with Gasteiger partial charge >= 0.3 is 0 Å². The number of nitrogens with zero attached hydrogens (tertiary/aromatic N) is 1. The molecule has 1 N–H and O–H groups in total. The highest BCUT2D eigenvalue weighted by molar-refractivity contribution is 6.31. The van der Waals surface area contributed by atoms with Crippen LogP contribution in [0.5, 0.6) is 0 Å². The minimum atomic E-state index is 0.315. The molecule has 0 amide bonds. The fourth-order valence-electron chi connectivity index (χ4n) is 1.70. The van der Waals surface area contributed by atoms with Gasteiger partial charge in [0.2, 0.25) is 0 Å². The smallest absolute Gasteiger partial charge is 0.0637 e. The second-order valence-electron chi connectivity index (χ2n) is 5.34. The summed E-state index contributed by atoms with van der Waals surface area (Å²) in [5.41, 5.74) is 1.50. The Kier molecular flexibility index (Phi) is 4.75. The van der Waals surface area contributed by atoms with Crippen molar-refractivity contribution in [2.45, 2.75) is 39.7 Å². The molecule has 1 rings (SSSR count). The molecule has 1 aromatic heterocycles. The van der Waals surface area contributed by atoms with E-state index >= 15 is 0 Å². The number of halogens is 1. The van der Waals surface area contributed by atoms with E-state index in [1.807, 2.05) is 13.1 Å². The largest absolute Gasteiger partial charge is 0.313 e. The van der Waals surface area contributed by atoms with Crippen molar-refractivity contribution in [1.82, 2.24) is 10.3 Å². The lowest BCUT2D eigenvalue weighted by molar-refractivity contribution is 0.338. The van der Waals surface area contributed by atoms with Crippen molar-refractivity contribution in [3.05, 3.63) is 29.0 Å². The van der Waals surface area contributed by atoms with Crippen LogP contribution < -0.4 is 5.32 Å². The highest BCUT2D eigenvalue weighted by Crippen LogP contribution is 2.29. The van der Waals surface area contributed by atoms with Crippen LogP contribution in [0.25, 0.3) is 0 Å². The van der Waals surface area contributed by atoms with E-state index in [4.69, 9.17) is 11.6 Å². The molecular weight excluding hydrogens is 220 g/mol. The predicted octanol–water partition coefficient (Wildman–Crippen LogP) is 3.82. The zero-order chi connectivity index (χ0) is 12.2. The summed E-state index contributed by atoms with van der Waals surface area (Å²) in [5, 5.41) is 4.07. The van der Waals surface area contributed by atoms with Gasteiger partial charge in [-0.1, -0.05) is 32.4 Å². The second-order valence-corrected chi connectivity index (χ2v) is 5.74. The van der Waals surface area contributed by atoms with E-state index < -0.39 is 0 Å². The molecule has 0 aliphatic rings. The molecule has 0 saturated heterocycles. The molecule has 1 aromatic rings. The number of pyridine rings is 1. The summed E-state index contributed by atoms with van der Waals surface area (Å²) in [6, 6.07) is 2.31. The molecule has 0 saturated carbocycles. The van der Waals surface area contributed by atoms with Gasteiger partial charge in [-0.15, -0.1) is 0 Å². The van der Waals surface area contributed by atoms with Crippen molar-refractivity contribution in [3.63, 3.8) is 0 Å². The molecule has 0 spiro atoms. The number of hydrogen-bond donors (Lipinski definition) is 1. The van der Waals surface area contributed by atoms with Gasteiger partial charge in [0.05, 0.1) is 5.02 Å². The minimum absolute atomic E-state index is 0.315. The maximum absolute atomic E-state index is 6.15. The lowest BCUT2D eigenvalue weighted by Crippen LogP contribution is -2.19. The summed E-state index contributed by atoms with van der Waals surface area (Å²) in [7, 11) is 1.98. The molecule has 2 nitrogen and oxygen atoms in total. The monoisotopic (exact) mass is 240 g/mol. The van der Waals surface area contributed by atoms with E-state index in [-0.39, 0.29) is 0 Å². The van der Waals surface area contributed by atoms with Crippen LogP contribution in [0, 0.1) is 5.41 Å². The van der Waals surface area contributed by atoms with Crippen LogP contribution in [0.4, 0.5) is 0 Å². The third kappa shape index (κ3) is 4.11. The molecule has 0 fully saturated rings. The lowest BCUT2D eigenvalue weighted by atomic mass is 9.87. The zero-order valence-electron chi connectivity index (χ0n) is 10.5. The molecule has 0 bridgehead atoms. The van der Waals surface area contributed by atoms with Crippen LogP contribution in [-0.4, -0.2) is 12.0 Å². The third-order valence-electron chi connectivity index (χ3n) is 2.71. The topological polar surface area (TPSA) is 24.9 Å². The first-order valence-electron chi connectivity index (χ1n) is 5.71. The Morgan fingerprint density at radius 1 is 1.44 bits per heavy atom. The average molecular weight is 241 g/mol. The molecule has 3 heteroatoms. The minimum Gasteiger partial charge on any atom is -0.313 e. The molecule has 0 aliphatic heterocycles. The van der Waals surface area contributed by atoms with Crippen molar-refractivity contribution < 1.29 is 0 Å². The maximum atomic E-state index is 6.15. The fourth-order valence-corrected chi connectivity index (χ4v) is 1.95. The van der Waals surface area contributed by atoms with Crippen LogP contribution in [0.2, 0.25) is 5.02 Å². The molecule has 16 heavy (non-hydrogen) atoms. The summed E-state index contributed by atoms with van der Waals surface area (Å²) >= 11 is 6.15. The number of aromatic nitrogens is 1. The van der Waals surface area contributed by atoms with Crippen LogP contribution in [0.3, 0.4) is 0 Å². The molecule has 1 heterocycles. The van der Waals surface area contributed by atoms with E-state index in [0.717, 1.165) is 23.4 Å². The highest BCUT2D eigenvalue weighted by Gasteiger charge is 2.17. The van der Waals surface area contributed by atoms with E-state index in [0.29, 0.717) is 11.5 Å². The third-order valence-corrected chi connectivity index (χ3v) is 3.03. The first-order valence-corrected chi connectivity index (χ1v) is 6.08. The standard InChI is InChI=1S/C13H21ClN2/c1-13(2,3)7-5-12(15-4)10-6-8-16-9-11(10)14/h6,8-9,12,15H,5,7H2,1-4H3. The fraction of sp³-hybridized carbons (Fsp3) is 0.615. The van der Waals surface area contributed by atoms with Gasteiger partial charge in [0.25, 0.3) is 0 Å². The van der Waals surface area contributed by atoms with Crippen molar-refractivity contribution in [2.24, 2.45) is 5.41 Å². The summed E-state index contributed by atoms with van der Waals surface area (Å²) in [4.78, 5) is 4.01. The van der Waals surface area contributed by atoms with Crippen LogP contribution in [0.15, 0.2) is 18.5 Å². The Bertz CT molecular complexity index is 331. The predicted molar refractivity (Wildman–Crippen MR) is 69.7 cm³/mol. The summed E-state index contributed by atoms with van der Waals surface area (Å²) in [6.45, 7) is 6.77. The van der Waals surface area contributed by atoms with Gasteiger partial charge < -0.3 is 5.32 Å². The van der Waals surface area contributed by atoms with Crippen molar-refractivity contribution in [3.8, 4) is 0 Å². The van der Waals surface area contributed by atoms with Gasteiger partial charge in [0, 0.05) is 18.4 Å². The van der Waals surface area contributed by atoms with Crippen LogP contribution in [-0.2, 0) is 0 Å². The van der Waals surface area contributed by atoms with Gasteiger partial charge in [-0.05, 0) is 36.9 Å². The van der Waals surface area contributed by atoms with E-state index in [1.165, 1.54) is 0 Å². The van der Waals surface area contributed by atoms with E-state index in [9.17, 15) is 0 Å². The van der Waals surface area contributed by atoms with Gasteiger partial charge in [-0.3, -0.25) is 4.98 Å². The summed E-state index contributed by atoms with van der Waals surface area (Å²) < 4.78 is 0. The maximum Gasteiger partial charge on any atom is 0.0637 e. The van der Waals surface area contributed by atoms with Gasteiger partial charge in [-0.25, -0.2) is 0 Å². The molecule has 1 unspecified atom stereocenters. The van der Waals surface area contributed by atoms with E-state index in [1.54, 1.807) is 12.4 Å². The Hall–Kier alpha value is -0.600. The number of hydrogen-bond acceptors (Lipinski definition) is 2. The van der Waals surface area contributed by atoms with Gasteiger partial charge in [0.1, 0.15) is 0 Å². The first-order chi connectivity index (χ1) is 7.44. The Morgan fingerprint density at radius 2 is 2.12 bits per heavy atom. The zero-order valence-corrected chi connectivity index (χ0v) is 11.3. The highest BCUT2D eigenvalue weighted by atomic mass is 35.5. The normalized spacial score (nSPS) is 13.8. The molecule has 0 radical (unpaired) electrons. The SMILES string of the molecule is CNC(CCC(C)(C)C)c1ccncc1Cl. The average Bonchev–Trinajstić information content (AvgIpc) is 2.20. The molecule has 0 aliphatic carbocycles. The van der Waals surface area contributed by atoms with Crippen LogP contribution in [0.1, 0.15) is 45.2 Å². The first kappa shape index (κ1) is 13.5. The lowest BCUT2D eigenvalue weighted by Gasteiger charge is -2.23. The Morgan fingerprint density at radius 3 is 2.62 bits per heavy atom. The van der Waals surface area contributed by atoms with Gasteiger partial charge in [0.15, 0.2) is 0 Å². The molecule has 0 aromatic carbocycles. The molecule has 90 valence electrons. The Labute approximate surface area is 103 Å². The van der Waals surface area contributed by atoms with Crippen molar-refractivity contribution in [1.29, 1.82) is 0 Å². The van der Waals surface area contributed by atoms with Gasteiger partial charge in [-0.2, -0.15) is 0 Å². The van der Waals surface area contributed by atoms with E-state index in [2.05, 4.69) is 31.1 Å². The number of nitrogens with one attached hydrogen (secondary N) is 1. The Balaban J connectivity index is 2.72. The molecule has 1 atom stereocenters.